The predicted molar refractivity (Wildman–Crippen MR) is 88.3 cm³/mol. The number of carboxylic acids is 1. The molecule has 0 aromatic heterocycles. The Labute approximate surface area is 140 Å². The molecule has 1 heterocycles. The van der Waals surface area contributed by atoms with Gasteiger partial charge < -0.3 is 10.4 Å². The molecular weight excluding hydrogens is 378 g/mol. The molecule has 0 atom stereocenters. The number of carboxylic acid groups (broad SMARTS) is 1. The lowest BCUT2D eigenvalue weighted by atomic mass is 9.91. The van der Waals surface area contributed by atoms with Gasteiger partial charge in [-0.15, -0.1) is 0 Å². The number of benzene rings is 1. The van der Waals surface area contributed by atoms with Gasteiger partial charge in [0.25, 0.3) is 5.91 Å². The third-order valence-corrected chi connectivity index (χ3v) is 6.15. The van der Waals surface area contributed by atoms with Crippen LogP contribution in [-0.2, 0) is 4.79 Å². The largest absolute Gasteiger partial charge is 0.480 e. The number of amides is 1. The molecule has 2 N–H and O–H groups in total. The van der Waals surface area contributed by atoms with E-state index in [9.17, 15) is 14.7 Å². The van der Waals surface area contributed by atoms with E-state index in [1.54, 1.807) is 23.9 Å². The number of thioether (sulfide) groups is 1. The molecule has 0 spiro atoms. The zero-order valence-electron chi connectivity index (χ0n) is 11.4. The molecular formula is C14H15BrClNO3S. The van der Waals surface area contributed by atoms with E-state index >= 15 is 0 Å². The van der Waals surface area contributed by atoms with Gasteiger partial charge >= 0.3 is 5.97 Å². The Balaban J connectivity index is 2.25. The topological polar surface area (TPSA) is 66.4 Å². The lowest BCUT2D eigenvalue weighted by Gasteiger charge is -2.33. The minimum Gasteiger partial charge on any atom is -0.480 e. The number of carbonyl (C=O) groups excluding carboxylic acids is 1. The molecule has 7 heteroatoms. The molecule has 0 saturated carbocycles. The molecule has 1 aromatic carbocycles. The van der Waals surface area contributed by atoms with Gasteiger partial charge in [-0.25, -0.2) is 4.79 Å². The molecule has 1 amide bonds. The van der Waals surface area contributed by atoms with E-state index < -0.39 is 17.4 Å². The van der Waals surface area contributed by atoms with E-state index in [2.05, 4.69) is 21.2 Å². The fraction of sp³-hybridized carbons (Fsp3) is 0.429. The van der Waals surface area contributed by atoms with Crippen molar-refractivity contribution < 1.29 is 14.7 Å². The standard InChI is InChI=1S/C14H15BrClNO3S/c1-8-6-9(7-10(16)11(8)15)12(18)17-14(13(19)20)2-4-21-5-3-14/h6-7H,2-5H2,1H3,(H,17,18)(H,19,20). The van der Waals surface area contributed by atoms with Crippen LogP contribution in [-0.4, -0.2) is 34.0 Å². The minimum absolute atomic E-state index is 0.375. The molecule has 1 aliphatic heterocycles. The zero-order valence-corrected chi connectivity index (χ0v) is 14.6. The Morgan fingerprint density at radius 1 is 1.38 bits per heavy atom. The first-order chi connectivity index (χ1) is 9.85. The second kappa shape index (κ2) is 6.58. The quantitative estimate of drug-likeness (QED) is 0.826. The SMILES string of the molecule is Cc1cc(C(=O)NC2(C(=O)O)CCSCC2)cc(Cl)c1Br. The number of hydrogen-bond donors (Lipinski definition) is 2. The van der Waals surface area contributed by atoms with Crippen molar-refractivity contribution in [2.45, 2.75) is 25.3 Å². The molecule has 1 fully saturated rings. The highest BCUT2D eigenvalue weighted by molar-refractivity contribution is 9.10. The first-order valence-corrected chi connectivity index (χ1v) is 8.77. The maximum absolute atomic E-state index is 12.4. The normalized spacial score (nSPS) is 17.3. The van der Waals surface area contributed by atoms with Crippen molar-refractivity contribution in [1.82, 2.24) is 5.32 Å². The monoisotopic (exact) mass is 391 g/mol. The van der Waals surface area contributed by atoms with Gasteiger partial charge in [-0.1, -0.05) is 11.6 Å². The van der Waals surface area contributed by atoms with Gasteiger partial charge in [-0.05, 0) is 64.9 Å². The Hall–Kier alpha value is -0.720. The van der Waals surface area contributed by atoms with Crippen LogP contribution in [0.25, 0.3) is 0 Å². The lowest BCUT2D eigenvalue weighted by molar-refractivity contribution is -0.144. The zero-order chi connectivity index (χ0) is 15.6. The van der Waals surface area contributed by atoms with E-state index in [-0.39, 0.29) is 0 Å². The highest BCUT2D eigenvalue weighted by Gasteiger charge is 2.41. The summed E-state index contributed by atoms with van der Waals surface area (Å²) in [5, 5.41) is 12.6. The van der Waals surface area contributed by atoms with Gasteiger partial charge in [0.05, 0.1) is 5.02 Å². The van der Waals surface area contributed by atoms with Gasteiger partial charge in [0.2, 0.25) is 0 Å². The summed E-state index contributed by atoms with van der Waals surface area (Å²) in [6.07, 6.45) is 0.865. The second-order valence-electron chi connectivity index (χ2n) is 5.04. The van der Waals surface area contributed by atoms with Gasteiger partial charge in [0.15, 0.2) is 0 Å². The van der Waals surface area contributed by atoms with Crippen molar-refractivity contribution in [3.63, 3.8) is 0 Å². The van der Waals surface area contributed by atoms with Crippen LogP contribution in [0.3, 0.4) is 0 Å². The van der Waals surface area contributed by atoms with Crippen molar-refractivity contribution in [1.29, 1.82) is 0 Å². The van der Waals surface area contributed by atoms with Crippen molar-refractivity contribution in [3.8, 4) is 0 Å². The molecule has 0 bridgehead atoms. The number of aryl methyl sites for hydroxylation is 1. The predicted octanol–water partition coefficient (Wildman–Crippen LogP) is 3.49. The van der Waals surface area contributed by atoms with Crippen molar-refractivity contribution in [2.75, 3.05) is 11.5 Å². The molecule has 2 rings (SSSR count). The van der Waals surface area contributed by atoms with E-state index in [0.29, 0.717) is 23.4 Å². The van der Waals surface area contributed by atoms with Crippen molar-refractivity contribution in [3.05, 3.63) is 32.8 Å². The van der Waals surface area contributed by atoms with Gasteiger partial charge in [-0.2, -0.15) is 11.8 Å². The van der Waals surface area contributed by atoms with Gasteiger partial charge in [-0.3, -0.25) is 4.79 Å². The molecule has 0 unspecified atom stereocenters. The summed E-state index contributed by atoms with van der Waals surface area (Å²) in [7, 11) is 0. The number of aliphatic carboxylic acids is 1. The molecule has 114 valence electrons. The fourth-order valence-corrected chi connectivity index (χ4v) is 3.94. The fourth-order valence-electron chi connectivity index (χ4n) is 2.26. The summed E-state index contributed by atoms with van der Waals surface area (Å²) >= 11 is 11.1. The Morgan fingerprint density at radius 2 is 2.00 bits per heavy atom. The van der Waals surface area contributed by atoms with E-state index in [4.69, 9.17) is 11.6 Å². The Morgan fingerprint density at radius 3 is 2.52 bits per heavy atom. The first-order valence-electron chi connectivity index (χ1n) is 6.45. The minimum atomic E-state index is -1.17. The summed E-state index contributed by atoms with van der Waals surface area (Å²) in [5.74, 6) is 0.0808. The molecule has 0 radical (unpaired) electrons. The van der Waals surface area contributed by atoms with Crippen LogP contribution < -0.4 is 5.32 Å². The summed E-state index contributed by atoms with van der Waals surface area (Å²) in [6.45, 7) is 1.83. The number of carbonyl (C=O) groups is 2. The third-order valence-electron chi connectivity index (χ3n) is 3.58. The van der Waals surface area contributed by atoms with Gasteiger partial charge in [0, 0.05) is 10.0 Å². The van der Waals surface area contributed by atoms with Crippen LogP contribution in [0.1, 0.15) is 28.8 Å². The number of nitrogens with one attached hydrogen (secondary N) is 1. The smallest absolute Gasteiger partial charge is 0.329 e. The first kappa shape index (κ1) is 16.6. The lowest BCUT2D eigenvalue weighted by Crippen LogP contribution is -2.56. The summed E-state index contributed by atoms with van der Waals surface area (Å²) in [4.78, 5) is 24.0. The summed E-state index contributed by atoms with van der Waals surface area (Å²) < 4.78 is 0.739. The van der Waals surface area contributed by atoms with Crippen LogP contribution in [0.4, 0.5) is 0 Å². The molecule has 0 aliphatic carbocycles. The molecule has 1 aliphatic rings. The average Bonchev–Trinajstić information content (AvgIpc) is 2.45. The van der Waals surface area contributed by atoms with Crippen molar-refractivity contribution in [2.24, 2.45) is 0 Å². The van der Waals surface area contributed by atoms with Crippen LogP contribution in [0.5, 0.6) is 0 Å². The van der Waals surface area contributed by atoms with E-state index in [0.717, 1.165) is 21.5 Å². The van der Waals surface area contributed by atoms with Crippen LogP contribution in [0.15, 0.2) is 16.6 Å². The maximum Gasteiger partial charge on any atom is 0.329 e. The second-order valence-corrected chi connectivity index (χ2v) is 7.47. The summed E-state index contributed by atoms with van der Waals surface area (Å²) in [6, 6.07) is 3.24. The molecule has 1 aromatic rings. The number of rotatable bonds is 3. The average molecular weight is 393 g/mol. The number of hydrogen-bond acceptors (Lipinski definition) is 3. The Bertz CT molecular complexity index is 565. The van der Waals surface area contributed by atoms with E-state index in [1.165, 1.54) is 0 Å². The highest BCUT2D eigenvalue weighted by atomic mass is 79.9. The van der Waals surface area contributed by atoms with E-state index in [1.807, 2.05) is 6.92 Å². The Kier molecular flexibility index (Phi) is 5.22. The van der Waals surface area contributed by atoms with Crippen LogP contribution in [0.2, 0.25) is 5.02 Å². The van der Waals surface area contributed by atoms with Crippen LogP contribution >= 0.6 is 39.3 Å². The highest BCUT2D eigenvalue weighted by Crippen LogP contribution is 2.30. The maximum atomic E-state index is 12.4. The molecule has 4 nitrogen and oxygen atoms in total. The van der Waals surface area contributed by atoms with Crippen molar-refractivity contribution >= 4 is 51.2 Å². The third kappa shape index (κ3) is 3.55. The molecule has 21 heavy (non-hydrogen) atoms. The van der Waals surface area contributed by atoms with Gasteiger partial charge in [0.1, 0.15) is 5.54 Å². The van der Waals surface area contributed by atoms with Crippen LogP contribution in [0, 0.1) is 6.92 Å². The molecule has 1 saturated heterocycles. The summed E-state index contributed by atoms with van der Waals surface area (Å²) in [5.41, 5.74) is 0.0336. The number of halogens is 2.